The van der Waals surface area contributed by atoms with Gasteiger partial charge in [-0.15, -0.1) is 0 Å². The molecule has 0 radical (unpaired) electrons. The van der Waals surface area contributed by atoms with Crippen LogP contribution in [0.15, 0.2) is 28.8 Å². The van der Waals surface area contributed by atoms with E-state index >= 15 is 0 Å². The molecule has 1 saturated heterocycles. The van der Waals surface area contributed by atoms with Crippen LogP contribution < -0.4 is 0 Å². The Morgan fingerprint density at radius 3 is 2.96 bits per heavy atom. The quantitative estimate of drug-likeness (QED) is 0.866. The van der Waals surface area contributed by atoms with E-state index in [-0.39, 0.29) is 24.2 Å². The maximum absolute atomic E-state index is 13.8. The molecule has 0 aliphatic carbocycles. The van der Waals surface area contributed by atoms with E-state index in [1.807, 2.05) is 18.7 Å². The molecule has 1 fully saturated rings. The number of benzene rings is 1. The first-order chi connectivity index (χ1) is 11.1. The number of likely N-dealkylation sites (tertiary alicyclic amines) is 1. The van der Waals surface area contributed by atoms with Gasteiger partial charge in [0, 0.05) is 18.5 Å². The van der Waals surface area contributed by atoms with Crippen molar-refractivity contribution in [3.05, 3.63) is 52.7 Å². The highest BCUT2D eigenvalue weighted by atomic mass is 19.1. The first-order valence-electron chi connectivity index (χ1n) is 8.09. The zero-order valence-corrected chi connectivity index (χ0v) is 13.5. The lowest BCUT2D eigenvalue weighted by Gasteiger charge is -2.25. The van der Waals surface area contributed by atoms with E-state index < -0.39 is 0 Å². The summed E-state index contributed by atoms with van der Waals surface area (Å²) in [6, 6.07) is 6.45. The summed E-state index contributed by atoms with van der Waals surface area (Å²) in [6.07, 6.45) is 2.69. The minimum atomic E-state index is -0.327. The van der Waals surface area contributed by atoms with Crippen LogP contribution in [0.25, 0.3) is 0 Å². The van der Waals surface area contributed by atoms with Crippen molar-refractivity contribution in [3.8, 4) is 0 Å². The number of aromatic nitrogens is 1. The van der Waals surface area contributed by atoms with E-state index in [1.165, 1.54) is 6.07 Å². The number of carbonyl (C=O) groups excluding carboxylic acids is 1. The fraction of sp³-hybridized carbons (Fsp3) is 0.444. The van der Waals surface area contributed by atoms with Gasteiger partial charge in [0.15, 0.2) is 0 Å². The van der Waals surface area contributed by atoms with Gasteiger partial charge in [-0.3, -0.25) is 4.79 Å². The van der Waals surface area contributed by atoms with E-state index in [4.69, 9.17) is 4.52 Å². The standard InChI is InChI=1S/C18H21FN2O2/c1-3-16-18(12(2)20-23-16)15-9-6-10-21(15)17(22)11-13-7-4-5-8-14(13)19/h4-5,7-8,15H,3,6,9-11H2,1-2H3. The number of hydrogen-bond donors (Lipinski definition) is 0. The lowest BCUT2D eigenvalue weighted by atomic mass is 10.0. The Balaban J connectivity index is 1.83. The fourth-order valence-electron chi connectivity index (χ4n) is 3.38. The normalized spacial score (nSPS) is 17.7. The Bertz CT molecular complexity index is 711. The van der Waals surface area contributed by atoms with Crippen molar-refractivity contribution in [3.63, 3.8) is 0 Å². The molecule has 2 aromatic rings. The predicted octanol–water partition coefficient (Wildman–Crippen LogP) is 3.59. The summed E-state index contributed by atoms with van der Waals surface area (Å²) in [4.78, 5) is 14.5. The summed E-state index contributed by atoms with van der Waals surface area (Å²) in [5.41, 5.74) is 2.32. The Kier molecular flexibility index (Phi) is 4.46. The Hall–Kier alpha value is -2.17. The highest BCUT2D eigenvalue weighted by Crippen LogP contribution is 2.36. The molecule has 1 unspecified atom stereocenters. The number of amides is 1. The molecule has 0 bridgehead atoms. The van der Waals surface area contributed by atoms with Gasteiger partial charge in [-0.2, -0.15) is 0 Å². The molecule has 122 valence electrons. The third-order valence-electron chi connectivity index (χ3n) is 4.51. The molecule has 1 aliphatic heterocycles. The average molecular weight is 316 g/mol. The summed E-state index contributed by atoms with van der Waals surface area (Å²) in [5.74, 6) is 0.477. The largest absolute Gasteiger partial charge is 0.361 e. The van der Waals surface area contributed by atoms with Crippen LogP contribution >= 0.6 is 0 Å². The smallest absolute Gasteiger partial charge is 0.227 e. The van der Waals surface area contributed by atoms with Gasteiger partial charge in [-0.1, -0.05) is 30.3 Å². The molecule has 0 N–H and O–H groups in total. The molecule has 23 heavy (non-hydrogen) atoms. The van der Waals surface area contributed by atoms with Crippen LogP contribution in [0, 0.1) is 12.7 Å². The second kappa shape index (κ2) is 6.52. The third kappa shape index (κ3) is 3.00. The van der Waals surface area contributed by atoms with Crippen molar-refractivity contribution in [1.82, 2.24) is 10.1 Å². The Morgan fingerprint density at radius 1 is 1.43 bits per heavy atom. The van der Waals surface area contributed by atoms with Crippen molar-refractivity contribution >= 4 is 5.91 Å². The highest BCUT2D eigenvalue weighted by molar-refractivity contribution is 5.79. The molecule has 1 aliphatic rings. The van der Waals surface area contributed by atoms with Crippen LogP contribution in [0.4, 0.5) is 4.39 Å². The predicted molar refractivity (Wildman–Crippen MR) is 84.4 cm³/mol. The molecule has 3 rings (SSSR count). The summed E-state index contributed by atoms with van der Waals surface area (Å²) in [7, 11) is 0. The van der Waals surface area contributed by atoms with Crippen LogP contribution in [-0.4, -0.2) is 22.5 Å². The molecule has 4 nitrogen and oxygen atoms in total. The van der Waals surface area contributed by atoms with Gasteiger partial charge < -0.3 is 9.42 Å². The zero-order chi connectivity index (χ0) is 16.4. The number of halogens is 1. The molecular weight excluding hydrogens is 295 g/mol. The monoisotopic (exact) mass is 316 g/mol. The first kappa shape index (κ1) is 15.7. The summed E-state index contributed by atoms with van der Waals surface area (Å²) in [5, 5.41) is 4.05. The number of nitrogens with zero attached hydrogens (tertiary/aromatic N) is 2. The minimum absolute atomic E-state index is 0.00419. The molecule has 0 saturated carbocycles. The number of carbonyl (C=O) groups is 1. The SMILES string of the molecule is CCc1onc(C)c1C1CCCN1C(=O)Cc1ccccc1F. The van der Waals surface area contributed by atoms with E-state index in [9.17, 15) is 9.18 Å². The maximum Gasteiger partial charge on any atom is 0.227 e. The number of rotatable bonds is 4. The van der Waals surface area contributed by atoms with E-state index in [0.29, 0.717) is 12.1 Å². The summed E-state index contributed by atoms with van der Waals surface area (Å²) >= 11 is 0. The van der Waals surface area contributed by atoms with Gasteiger partial charge in [-0.25, -0.2) is 4.39 Å². The van der Waals surface area contributed by atoms with E-state index in [1.54, 1.807) is 18.2 Å². The Labute approximate surface area is 135 Å². The molecule has 5 heteroatoms. The van der Waals surface area contributed by atoms with Gasteiger partial charge in [0.2, 0.25) is 5.91 Å². The average Bonchev–Trinajstić information content (AvgIpc) is 3.15. The fourth-order valence-corrected chi connectivity index (χ4v) is 3.38. The second-order valence-electron chi connectivity index (χ2n) is 5.97. The lowest BCUT2D eigenvalue weighted by Crippen LogP contribution is -2.32. The molecule has 1 aromatic carbocycles. The maximum atomic E-state index is 13.8. The highest BCUT2D eigenvalue weighted by Gasteiger charge is 2.34. The van der Waals surface area contributed by atoms with Crippen LogP contribution in [0.2, 0.25) is 0 Å². The van der Waals surface area contributed by atoms with Crippen LogP contribution in [-0.2, 0) is 17.6 Å². The van der Waals surface area contributed by atoms with Crippen molar-refractivity contribution in [2.45, 2.75) is 45.6 Å². The summed E-state index contributed by atoms with van der Waals surface area (Å²) in [6.45, 7) is 4.63. The van der Waals surface area contributed by atoms with Gasteiger partial charge in [0.25, 0.3) is 0 Å². The zero-order valence-electron chi connectivity index (χ0n) is 13.5. The Morgan fingerprint density at radius 2 is 2.22 bits per heavy atom. The first-order valence-corrected chi connectivity index (χ1v) is 8.09. The molecule has 1 amide bonds. The second-order valence-corrected chi connectivity index (χ2v) is 5.97. The van der Waals surface area contributed by atoms with Crippen molar-refractivity contribution in [2.24, 2.45) is 0 Å². The van der Waals surface area contributed by atoms with Crippen LogP contribution in [0.5, 0.6) is 0 Å². The molecule has 1 aromatic heterocycles. The minimum Gasteiger partial charge on any atom is -0.361 e. The van der Waals surface area contributed by atoms with Gasteiger partial charge >= 0.3 is 0 Å². The summed E-state index contributed by atoms with van der Waals surface area (Å²) < 4.78 is 19.2. The van der Waals surface area contributed by atoms with E-state index in [2.05, 4.69) is 5.16 Å². The lowest BCUT2D eigenvalue weighted by molar-refractivity contribution is -0.131. The van der Waals surface area contributed by atoms with E-state index in [0.717, 1.165) is 36.3 Å². The molecule has 0 spiro atoms. The molecule has 2 heterocycles. The van der Waals surface area contributed by atoms with Crippen molar-refractivity contribution in [1.29, 1.82) is 0 Å². The van der Waals surface area contributed by atoms with Gasteiger partial charge in [0.1, 0.15) is 11.6 Å². The van der Waals surface area contributed by atoms with Crippen LogP contribution in [0.1, 0.15) is 48.4 Å². The van der Waals surface area contributed by atoms with Gasteiger partial charge in [0.05, 0.1) is 18.2 Å². The third-order valence-corrected chi connectivity index (χ3v) is 4.51. The van der Waals surface area contributed by atoms with Crippen molar-refractivity contribution in [2.75, 3.05) is 6.54 Å². The van der Waals surface area contributed by atoms with Crippen molar-refractivity contribution < 1.29 is 13.7 Å². The molecular formula is C18H21FN2O2. The number of aryl methyl sites for hydroxylation is 2. The van der Waals surface area contributed by atoms with Crippen LogP contribution in [0.3, 0.4) is 0 Å². The number of hydrogen-bond acceptors (Lipinski definition) is 3. The topological polar surface area (TPSA) is 46.3 Å². The van der Waals surface area contributed by atoms with Gasteiger partial charge in [-0.05, 0) is 31.4 Å². The molecule has 1 atom stereocenters.